The summed E-state index contributed by atoms with van der Waals surface area (Å²) in [6.45, 7) is 4.47. The molecule has 2 heteroatoms. The van der Waals surface area contributed by atoms with Gasteiger partial charge in [0.1, 0.15) is 11.9 Å². The van der Waals surface area contributed by atoms with E-state index in [2.05, 4.69) is 41.9 Å². The molecule has 76 valence electrons. The van der Waals surface area contributed by atoms with Crippen molar-refractivity contribution in [3.05, 3.63) is 28.2 Å². The van der Waals surface area contributed by atoms with Crippen LogP contribution in [-0.4, -0.2) is 6.10 Å². The summed E-state index contributed by atoms with van der Waals surface area (Å²) < 4.78 is 6.99. The van der Waals surface area contributed by atoms with Gasteiger partial charge in [-0.3, -0.25) is 0 Å². The molecule has 1 atom stereocenters. The molecule has 0 radical (unpaired) electrons. The van der Waals surface area contributed by atoms with Crippen LogP contribution < -0.4 is 4.74 Å². The van der Waals surface area contributed by atoms with Gasteiger partial charge in [0.2, 0.25) is 0 Å². The molecule has 1 unspecified atom stereocenters. The number of rotatable bonds is 2. The molecular weight excluding hydrogens is 240 g/mol. The largest absolute Gasteiger partial charge is 0.489 e. The third-order valence-electron chi connectivity index (χ3n) is 2.51. The Hall–Kier alpha value is -0.500. The van der Waals surface area contributed by atoms with Crippen LogP contribution in [0.2, 0.25) is 0 Å². The van der Waals surface area contributed by atoms with Gasteiger partial charge in [-0.05, 0) is 39.9 Å². The van der Waals surface area contributed by atoms with Crippen molar-refractivity contribution in [1.82, 2.24) is 0 Å². The van der Waals surface area contributed by atoms with Gasteiger partial charge < -0.3 is 4.74 Å². The number of fused-ring (bicyclic) bond motifs is 1. The van der Waals surface area contributed by atoms with Crippen molar-refractivity contribution >= 4 is 15.9 Å². The summed E-state index contributed by atoms with van der Waals surface area (Å²) in [5, 5.41) is 0. The SMILES string of the molecule is CC(C)CC1Cc2cccc(Br)c2O1. The predicted octanol–water partition coefficient (Wildman–Crippen LogP) is 3.80. The molecular formula is C12H15BrO. The van der Waals surface area contributed by atoms with Crippen LogP contribution in [0.3, 0.4) is 0 Å². The van der Waals surface area contributed by atoms with Gasteiger partial charge in [0.05, 0.1) is 4.47 Å². The second-order valence-corrected chi connectivity index (χ2v) is 5.16. The Labute approximate surface area is 93.6 Å². The van der Waals surface area contributed by atoms with Crippen LogP contribution in [0.15, 0.2) is 22.7 Å². The van der Waals surface area contributed by atoms with Gasteiger partial charge in [0.25, 0.3) is 0 Å². The van der Waals surface area contributed by atoms with Crippen molar-refractivity contribution in [1.29, 1.82) is 0 Å². The molecule has 0 amide bonds. The molecule has 0 N–H and O–H groups in total. The van der Waals surface area contributed by atoms with Gasteiger partial charge >= 0.3 is 0 Å². The number of hydrogen-bond donors (Lipinski definition) is 0. The zero-order valence-electron chi connectivity index (χ0n) is 8.59. The number of benzene rings is 1. The maximum absolute atomic E-state index is 5.90. The summed E-state index contributed by atoms with van der Waals surface area (Å²) in [4.78, 5) is 0. The quantitative estimate of drug-likeness (QED) is 0.781. The molecule has 1 aliphatic rings. The van der Waals surface area contributed by atoms with E-state index in [-0.39, 0.29) is 0 Å². The first-order valence-corrected chi connectivity index (χ1v) is 5.90. The van der Waals surface area contributed by atoms with Gasteiger partial charge in [0.15, 0.2) is 0 Å². The Kier molecular flexibility index (Phi) is 2.82. The minimum absolute atomic E-state index is 0.378. The molecule has 1 aromatic carbocycles. The Balaban J connectivity index is 2.14. The highest BCUT2D eigenvalue weighted by Crippen LogP contribution is 2.37. The molecule has 1 aliphatic heterocycles. The van der Waals surface area contributed by atoms with Gasteiger partial charge in [-0.25, -0.2) is 0 Å². The van der Waals surface area contributed by atoms with E-state index in [0.717, 1.165) is 23.1 Å². The van der Waals surface area contributed by atoms with E-state index in [1.54, 1.807) is 0 Å². The normalized spacial score (nSPS) is 19.6. The number of para-hydroxylation sites is 1. The van der Waals surface area contributed by atoms with Crippen LogP contribution in [0.1, 0.15) is 25.8 Å². The van der Waals surface area contributed by atoms with Crippen molar-refractivity contribution in [2.45, 2.75) is 32.8 Å². The molecule has 0 aliphatic carbocycles. The standard InChI is InChI=1S/C12H15BrO/c1-8(2)6-10-7-9-4-3-5-11(13)12(9)14-10/h3-5,8,10H,6-7H2,1-2H3. The molecule has 1 heterocycles. The molecule has 14 heavy (non-hydrogen) atoms. The van der Waals surface area contributed by atoms with E-state index in [0.29, 0.717) is 12.0 Å². The molecule has 0 aromatic heterocycles. The topological polar surface area (TPSA) is 9.23 Å². The molecule has 0 spiro atoms. The Morgan fingerprint density at radius 1 is 1.50 bits per heavy atom. The number of ether oxygens (including phenoxy) is 1. The van der Waals surface area contributed by atoms with Crippen molar-refractivity contribution in [3.63, 3.8) is 0 Å². The van der Waals surface area contributed by atoms with Crippen molar-refractivity contribution in [2.75, 3.05) is 0 Å². The Morgan fingerprint density at radius 2 is 2.29 bits per heavy atom. The molecule has 0 fully saturated rings. The number of hydrogen-bond acceptors (Lipinski definition) is 1. The van der Waals surface area contributed by atoms with E-state index in [4.69, 9.17) is 4.74 Å². The van der Waals surface area contributed by atoms with Crippen LogP contribution in [-0.2, 0) is 6.42 Å². The van der Waals surface area contributed by atoms with E-state index in [1.165, 1.54) is 5.56 Å². The molecule has 0 bridgehead atoms. The molecule has 0 saturated carbocycles. The van der Waals surface area contributed by atoms with Gasteiger partial charge in [-0.15, -0.1) is 0 Å². The second kappa shape index (κ2) is 3.93. The maximum atomic E-state index is 5.90. The Bertz CT molecular complexity index is 333. The first kappa shape index (κ1) is 10.0. The zero-order valence-corrected chi connectivity index (χ0v) is 10.2. The lowest BCUT2D eigenvalue weighted by atomic mass is 10.0. The van der Waals surface area contributed by atoms with Crippen LogP contribution in [0.4, 0.5) is 0 Å². The fraction of sp³-hybridized carbons (Fsp3) is 0.500. The van der Waals surface area contributed by atoms with Gasteiger partial charge in [0, 0.05) is 6.42 Å². The highest BCUT2D eigenvalue weighted by Gasteiger charge is 2.24. The highest BCUT2D eigenvalue weighted by molar-refractivity contribution is 9.10. The summed E-state index contributed by atoms with van der Waals surface area (Å²) in [6, 6.07) is 6.26. The summed E-state index contributed by atoms with van der Waals surface area (Å²) in [5.41, 5.74) is 1.34. The third kappa shape index (κ3) is 1.95. The fourth-order valence-electron chi connectivity index (χ4n) is 1.96. The van der Waals surface area contributed by atoms with Crippen LogP contribution in [0, 0.1) is 5.92 Å². The highest BCUT2D eigenvalue weighted by atomic mass is 79.9. The minimum Gasteiger partial charge on any atom is -0.489 e. The van der Waals surface area contributed by atoms with E-state index >= 15 is 0 Å². The van der Waals surface area contributed by atoms with Crippen molar-refractivity contribution in [3.8, 4) is 5.75 Å². The van der Waals surface area contributed by atoms with E-state index in [1.807, 2.05) is 6.07 Å². The van der Waals surface area contributed by atoms with E-state index < -0.39 is 0 Å². The smallest absolute Gasteiger partial charge is 0.137 e. The summed E-state index contributed by atoms with van der Waals surface area (Å²) in [6.07, 6.45) is 2.58. The summed E-state index contributed by atoms with van der Waals surface area (Å²) in [7, 11) is 0. The van der Waals surface area contributed by atoms with Crippen molar-refractivity contribution in [2.24, 2.45) is 5.92 Å². The average Bonchev–Trinajstić information content (AvgIpc) is 2.47. The first-order valence-electron chi connectivity index (χ1n) is 5.11. The lowest BCUT2D eigenvalue weighted by molar-refractivity contribution is 0.201. The molecule has 0 saturated heterocycles. The lowest BCUT2D eigenvalue weighted by Gasteiger charge is -2.12. The lowest BCUT2D eigenvalue weighted by Crippen LogP contribution is -2.15. The van der Waals surface area contributed by atoms with Crippen LogP contribution in [0.25, 0.3) is 0 Å². The summed E-state index contributed by atoms with van der Waals surface area (Å²) >= 11 is 3.52. The fourth-order valence-corrected chi connectivity index (χ4v) is 2.46. The van der Waals surface area contributed by atoms with Gasteiger partial charge in [-0.2, -0.15) is 0 Å². The zero-order chi connectivity index (χ0) is 10.1. The first-order chi connectivity index (χ1) is 6.66. The second-order valence-electron chi connectivity index (χ2n) is 4.30. The van der Waals surface area contributed by atoms with Gasteiger partial charge in [-0.1, -0.05) is 26.0 Å². The molecule has 1 aromatic rings. The average molecular weight is 255 g/mol. The van der Waals surface area contributed by atoms with Crippen molar-refractivity contribution < 1.29 is 4.74 Å². The molecule has 2 rings (SSSR count). The third-order valence-corrected chi connectivity index (χ3v) is 3.14. The molecule has 1 nitrogen and oxygen atoms in total. The minimum atomic E-state index is 0.378. The maximum Gasteiger partial charge on any atom is 0.137 e. The monoisotopic (exact) mass is 254 g/mol. The number of halogens is 1. The van der Waals surface area contributed by atoms with Crippen LogP contribution >= 0.6 is 15.9 Å². The summed E-state index contributed by atoms with van der Waals surface area (Å²) in [5.74, 6) is 1.76. The predicted molar refractivity (Wildman–Crippen MR) is 61.7 cm³/mol. The Morgan fingerprint density at radius 3 is 2.93 bits per heavy atom. The van der Waals surface area contributed by atoms with Crippen LogP contribution in [0.5, 0.6) is 5.75 Å². The van der Waals surface area contributed by atoms with E-state index in [9.17, 15) is 0 Å².